The molecule has 0 aliphatic carbocycles. The van der Waals surface area contributed by atoms with Crippen molar-refractivity contribution in [3.05, 3.63) is 24.2 Å². The number of furan rings is 1. The molecule has 0 radical (unpaired) electrons. The van der Waals surface area contributed by atoms with Crippen molar-refractivity contribution in [3.63, 3.8) is 0 Å². The predicted octanol–water partition coefficient (Wildman–Crippen LogP) is 2.16. The summed E-state index contributed by atoms with van der Waals surface area (Å²) >= 11 is 0. The highest BCUT2D eigenvalue weighted by Gasteiger charge is 2.28. The average molecular weight is 250 g/mol. The lowest BCUT2D eigenvalue weighted by Gasteiger charge is -2.39. The summed E-state index contributed by atoms with van der Waals surface area (Å²) in [5.41, 5.74) is 0. The zero-order valence-corrected chi connectivity index (χ0v) is 11.2. The van der Waals surface area contributed by atoms with Crippen LogP contribution in [0, 0.1) is 0 Å². The maximum Gasteiger partial charge on any atom is 0.237 e. The minimum Gasteiger partial charge on any atom is -0.468 e. The first-order chi connectivity index (χ1) is 8.68. The molecule has 0 saturated carbocycles. The lowest BCUT2D eigenvalue weighted by Crippen LogP contribution is -2.50. The zero-order chi connectivity index (χ0) is 13.0. The molecule has 2 atom stereocenters. The molecule has 1 aliphatic heterocycles. The van der Waals surface area contributed by atoms with Gasteiger partial charge in [0.15, 0.2) is 0 Å². The molecular weight excluding hydrogens is 228 g/mol. The minimum atomic E-state index is 0.196. The predicted molar refractivity (Wildman–Crippen MR) is 70.0 cm³/mol. The molecule has 4 nitrogen and oxygen atoms in total. The Kier molecular flexibility index (Phi) is 4.42. The van der Waals surface area contributed by atoms with Crippen molar-refractivity contribution in [3.8, 4) is 0 Å². The molecule has 2 unspecified atom stereocenters. The van der Waals surface area contributed by atoms with Crippen LogP contribution < -0.4 is 5.32 Å². The summed E-state index contributed by atoms with van der Waals surface area (Å²) < 4.78 is 5.22. The van der Waals surface area contributed by atoms with E-state index in [1.807, 2.05) is 17.0 Å². The Bertz CT molecular complexity index is 365. The Balaban J connectivity index is 1.79. The summed E-state index contributed by atoms with van der Waals surface area (Å²) in [6, 6.07) is 4.50. The second kappa shape index (κ2) is 6.05. The number of nitrogens with zero attached hydrogens (tertiary/aromatic N) is 1. The van der Waals surface area contributed by atoms with Gasteiger partial charge in [0.1, 0.15) is 5.76 Å². The van der Waals surface area contributed by atoms with Crippen molar-refractivity contribution in [1.82, 2.24) is 10.2 Å². The number of hydrogen-bond acceptors (Lipinski definition) is 3. The van der Waals surface area contributed by atoms with Crippen molar-refractivity contribution >= 4 is 5.91 Å². The van der Waals surface area contributed by atoms with E-state index in [0.29, 0.717) is 25.2 Å². The van der Waals surface area contributed by atoms with Crippen LogP contribution in [-0.2, 0) is 11.3 Å². The number of carbonyl (C=O) groups excluding carboxylic acids is 1. The van der Waals surface area contributed by atoms with Crippen molar-refractivity contribution < 1.29 is 9.21 Å². The molecule has 4 heteroatoms. The van der Waals surface area contributed by atoms with E-state index in [9.17, 15) is 4.79 Å². The van der Waals surface area contributed by atoms with Crippen molar-refractivity contribution in [2.75, 3.05) is 6.54 Å². The Morgan fingerprint density at radius 1 is 1.44 bits per heavy atom. The zero-order valence-electron chi connectivity index (χ0n) is 11.2. The fraction of sp³-hybridized carbons (Fsp3) is 0.643. The van der Waals surface area contributed by atoms with Crippen LogP contribution in [0.1, 0.15) is 38.9 Å². The first-order valence-electron chi connectivity index (χ1n) is 6.72. The van der Waals surface area contributed by atoms with Gasteiger partial charge in [0, 0.05) is 12.1 Å². The van der Waals surface area contributed by atoms with Crippen molar-refractivity contribution in [2.45, 2.75) is 51.7 Å². The molecule has 1 fully saturated rings. The molecule has 1 aliphatic rings. The van der Waals surface area contributed by atoms with Crippen molar-refractivity contribution in [2.24, 2.45) is 0 Å². The number of nitrogens with one attached hydrogen (secondary N) is 1. The summed E-state index contributed by atoms with van der Waals surface area (Å²) in [7, 11) is 0. The quantitative estimate of drug-likeness (QED) is 0.890. The molecule has 1 N–H and O–H groups in total. The van der Waals surface area contributed by atoms with Gasteiger partial charge in [-0.05, 0) is 45.2 Å². The van der Waals surface area contributed by atoms with Gasteiger partial charge in [-0.15, -0.1) is 0 Å². The van der Waals surface area contributed by atoms with Gasteiger partial charge in [0.25, 0.3) is 0 Å². The number of amides is 1. The number of carbonyl (C=O) groups is 1. The Hall–Kier alpha value is -1.29. The van der Waals surface area contributed by atoms with Gasteiger partial charge in [-0.3, -0.25) is 4.79 Å². The summed E-state index contributed by atoms with van der Waals surface area (Å²) in [6.45, 7) is 5.27. The van der Waals surface area contributed by atoms with Crippen LogP contribution >= 0.6 is 0 Å². The molecule has 2 rings (SSSR count). The van der Waals surface area contributed by atoms with Crippen LogP contribution in [0.4, 0.5) is 0 Å². The van der Waals surface area contributed by atoms with Crippen LogP contribution in [0.2, 0.25) is 0 Å². The average Bonchev–Trinajstić information content (AvgIpc) is 2.82. The van der Waals surface area contributed by atoms with Gasteiger partial charge in [-0.1, -0.05) is 0 Å². The maximum absolute atomic E-state index is 12.2. The standard InChI is InChI=1S/C14H22N2O2/c1-11-5-3-6-12(2)16(11)14(17)10-15-9-13-7-4-8-18-13/h4,7-8,11-12,15H,3,5-6,9-10H2,1-2H3. The lowest BCUT2D eigenvalue weighted by molar-refractivity contribution is -0.136. The molecule has 0 aromatic carbocycles. The second-order valence-electron chi connectivity index (χ2n) is 5.11. The molecule has 18 heavy (non-hydrogen) atoms. The van der Waals surface area contributed by atoms with Crippen LogP contribution in [0.3, 0.4) is 0 Å². The third-order valence-corrected chi connectivity index (χ3v) is 3.64. The monoisotopic (exact) mass is 250 g/mol. The van der Waals surface area contributed by atoms with Gasteiger partial charge in [0.2, 0.25) is 5.91 Å². The van der Waals surface area contributed by atoms with Crippen LogP contribution in [0.5, 0.6) is 0 Å². The van der Waals surface area contributed by atoms with E-state index < -0.39 is 0 Å². The molecule has 1 aromatic rings. The van der Waals surface area contributed by atoms with Gasteiger partial charge in [-0.2, -0.15) is 0 Å². The normalized spacial score (nSPS) is 24.2. The van der Waals surface area contributed by atoms with Gasteiger partial charge in [0.05, 0.1) is 19.4 Å². The molecule has 0 spiro atoms. The largest absolute Gasteiger partial charge is 0.468 e. The second-order valence-corrected chi connectivity index (χ2v) is 5.11. The molecule has 100 valence electrons. The Morgan fingerprint density at radius 3 is 2.78 bits per heavy atom. The molecule has 1 amide bonds. The molecule has 1 aromatic heterocycles. The van der Waals surface area contributed by atoms with Gasteiger partial charge >= 0.3 is 0 Å². The SMILES string of the molecule is CC1CCCC(C)N1C(=O)CNCc1ccco1. The maximum atomic E-state index is 12.2. The summed E-state index contributed by atoms with van der Waals surface area (Å²) in [5.74, 6) is 1.06. The van der Waals surface area contributed by atoms with E-state index in [1.165, 1.54) is 6.42 Å². The highest BCUT2D eigenvalue weighted by molar-refractivity contribution is 5.79. The number of hydrogen-bond donors (Lipinski definition) is 1. The van der Waals surface area contributed by atoms with E-state index in [0.717, 1.165) is 18.6 Å². The number of rotatable bonds is 4. The Labute approximate surface area is 108 Å². The van der Waals surface area contributed by atoms with Crippen LogP contribution in [-0.4, -0.2) is 29.4 Å². The third-order valence-electron chi connectivity index (χ3n) is 3.64. The van der Waals surface area contributed by atoms with E-state index in [2.05, 4.69) is 19.2 Å². The van der Waals surface area contributed by atoms with E-state index in [4.69, 9.17) is 4.42 Å². The Morgan fingerprint density at radius 2 is 2.17 bits per heavy atom. The molecule has 2 heterocycles. The van der Waals surface area contributed by atoms with E-state index in [-0.39, 0.29) is 5.91 Å². The fourth-order valence-electron chi connectivity index (χ4n) is 2.71. The summed E-state index contributed by atoms with van der Waals surface area (Å²) in [4.78, 5) is 14.2. The topological polar surface area (TPSA) is 45.5 Å². The smallest absolute Gasteiger partial charge is 0.237 e. The van der Waals surface area contributed by atoms with Crippen LogP contribution in [0.25, 0.3) is 0 Å². The third kappa shape index (κ3) is 3.13. The van der Waals surface area contributed by atoms with Gasteiger partial charge in [-0.25, -0.2) is 0 Å². The lowest BCUT2D eigenvalue weighted by atomic mass is 9.97. The van der Waals surface area contributed by atoms with Crippen LogP contribution in [0.15, 0.2) is 22.8 Å². The first-order valence-corrected chi connectivity index (χ1v) is 6.72. The minimum absolute atomic E-state index is 0.196. The first kappa shape index (κ1) is 13.1. The summed E-state index contributed by atoms with van der Waals surface area (Å²) in [6.07, 6.45) is 5.11. The number of likely N-dealkylation sites (tertiary alicyclic amines) is 1. The van der Waals surface area contributed by atoms with Gasteiger partial charge < -0.3 is 14.6 Å². The van der Waals surface area contributed by atoms with E-state index in [1.54, 1.807) is 6.26 Å². The molecular formula is C14H22N2O2. The summed E-state index contributed by atoms with van der Waals surface area (Å²) in [5, 5.41) is 3.14. The fourth-order valence-corrected chi connectivity index (χ4v) is 2.71. The molecule has 0 bridgehead atoms. The molecule has 1 saturated heterocycles. The van der Waals surface area contributed by atoms with Crippen molar-refractivity contribution in [1.29, 1.82) is 0 Å². The number of piperidine rings is 1. The highest BCUT2D eigenvalue weighted by atomic mass is 16.3. The van der Waals surface area contributed by atoms with E-state index >= 15 is 0 Å². The highest BCUT2D eigenvalue weighted by Crippen LogP contribution is 2.22.